The minimum absolute atomic E-state index is 0.0357. The first-order chi connectivity index (χ1) is 11.3. The van der Waals surface area contributed by atoms with Gasteiger partial charge in [0.15, 0.2) is 0 Å². The highest BCUT2D eigenvalue weighted by Gasteiger charge is 2.25. The van der Waals surface area contributed by atoms with Crippen LogP contribution in [-0.4, -0.2) is 20.3 Å². The highest BCUT2D eigenvalue weighted by atomic mass is 32.1. The molecule has 0 radical (unpaired) electrons. The number of aromatic nitrogens is 3. The second-order valence-corrected chi connectivity index (χ2v) is 6.78. The zero-order valence-electron chi connectivity index (χ0n) is 12.7. The summed E-state index contributed by atoms with van der Waals surface area (Å²) in [6.45, 7) is 0.433. The molecule has 1 aliphatic rings. The van der Waals surface area contributed by atoms with E-state index >= 15 is 0 Å². The molecule has 1 fully saturated rings. The third-order valence-corrected chi connectivity index (χ3v) is 5.23. The van der Waals surface area contributed by atoms with E-state index in [1.807, 2.05) is 35.0 Å². The molecule has 4 rings (SSSR count). The predicted octanol–water partition coefficient (Wildman–Crippen LogP) is 3.38. The number of nitrogens with one attached hydrogen (secondary N) is 1. The predicted molar refractivity (Wildman–Crippen MR) is 89.7 cm³/mol. The Morgan fingerprint density at radius 3 is 3.04 bits per heavy atom. The van der Waals surface area contributed by atoms with Gasteiger partial charge in [0.2, 0.25) is 0 Å². The van der Waals surface area contributed by atoms with E-state index in [0.29, 0.717) is 12.5 Å². The minimum atomic E-state index is -0.0357. The van der Waals surface area contributed by atoms with E-state index in [0.717, 1.165) is 34.8 Å². The molecule has 1 saturated carbocycles. The van der Waals surface area contributed by atoms with Gasteiger partial charge in [-0.1, -0.05) is 18.9 Å². The van der Waals surface area contributed by atoms with Crippen molar-refractivity contribution >= 4 is 22.9 Å². The average Bonchev–Trinajstić information content (AvgIpc) is 3.31. The summed E-state index contributed by atoms with van der Waals surface area (Å²) in [5, 5.41) is 2.98. The highest BCUT2D eigenvalue weighted by molar-refractivity contribution is 7.11. The molecule has 6 heteroatoms. The molecule has 5 nitrogen and oxygen atoms in total. The van der Waals surface area contributed by atoms with Gasteiger partial charge >= 0.3 is 0 Å². The lowest BCUT2D eigenvalue weighted by Crippen LogP contribution is -2.23. The first-order valence-corrected chi connectivity index (χ1v) is 8.83. The first-order valence-electron chi connectivity index (χ1n) is 7.95. The topological polar surface area (TPSA) is 59.3 Å². The van der Waals surface area contributed by atoms with Crippen LogP contribution in [0.3, 0.4) is 0 Å². The monoisotopic (exact) mass is 326 g/mol. The maximum atomic E-state index is 12.5. The Hall–Kier alpha value is -2.21. The number of nitrogens with zero attached hydrogens (tertiary/aromatic N) is 3. The fourth-order valence-electron chi connectivity index (χ4n) is 3.24. The van der Waals surface area contributed by atoms with Crippen molar-refractivity contribution in [2.24, 2.45) is 0 Å². The van der Waals surface area contributed by atoms with E-state index in [9.17, 15) is 4.79 Å². The highest BCUT2D eigenvalue weighted by Crippen LogP contribution is 2.36. The van der Waals surface area contributed by atoms with Crippen molar-refractivity contribution in [2.75, 3.05) is 0 Å². The number of hydrogen-bond acceptors (Lipinski definition) is 4. The number of rotatable bonds is 4. The summed E-state index contributed by atoms with van der Waals surface area (Å²) in [5.74, 6) is 0.420. The van der Waals surface area contributed by atoms with Crippen LogP contribution in [0.2, 0.25) is 0 Å². The first kappa shape index (κ1) is 14.4. The zero-order valence-corrected chi connectivity index (χ0v) is 13.6. The standard InChI is InChI=1S/C17H18N4OS/c22-17(16-15(19-11-23-16)12-5-1-2-6-12)18-9-13-10-21-8-4-3-7-14(21)20-13/h3-4,7-8,10-12H,1-2,5-6,9H2,(H,18,22). The number of pyridine rings is 1. The van der Waals surface area contributed by atoms with Crippen LogP contribution in [0.4, 0.5) is 0 Å². The van der Waals surface area contributed by atoms with Crippen LogP contribution in [0.1, 0.15) is 52.7 Å². The molecule has 0 spiro atoms. The maximum absolute atomic E-state index is 12.5. The lowest BCUT2D eigenvalue weighted by Gasteiger charge is -2.08. The second kappa shape index (κ2) is 6.12. The van der Waals surface area contributed by atoms with Gasteiger partial charge in [-0.25, -0.2) is 9.97 Å². The van der Waals surface area contributed by atoms with Crippen molar-refractivity contribution in [2.45, 2.75) is 38.1 Å². The number of carbonyl (C=O) groups is 1. The summed E-state index contributed by atoms with van der Waals surface area (Å²) >= 11 is 1.44. The number of amides is 1. The Balaban J connectivity index is 1.47. The smallest absolute Gasteiger partial charge is 0.263 e. The van der Waals surface area contributed by atoms with E-state index in [-0.39, 0.29) is 5.91 Å². The molecule has 0 aromatic carbocycles. The molecule has 3 aromatic rings. The molecule has 1 aliphatic carbocycles. The van der Waals surface area contributed by atoms with Gasteiger partial charge in [0.05, 0.1) is 23.4 Å². The van der Waals surface area contributed by atoms with Crippen molar-refractivity contribution in [3.8, 4) is 0 Å². The van der Waals surface area contributed by atoms with Crippen molar-refractivity contribution in [1.82, 2.24) is 19.7 Å². The van der Waals surface area contributed by atoms with Crippen molar-refractivity contribution in [1.29, 1.82) is 0 Å². The van der Waals surface area contributed by atoms with Gasteiger partial charge in [0.25, 0.3) is 5.91 Å². The van der Waals surface area contributed by atoms with Crippen LogP contribution in [0.5, 0.6) is 0 Å². The van der Waals surface area contributed by atoms with Gasteiger partial charge in [-0.05, 0) is 25.0 Å². The number of thiazole rings is 1. The van der Waals surface area contributed by atoms with Gasteiger partial charge in [-0.2, -0.15) is 0 Å². The summed E-state index contributed by atoms with van der Waals surface area (Å²) in [4.78, 5) is 22.2. The molecule has 0 saturated heterocycles. The summed E-state index contributed by atoms with van der Waals surface area (Å²) in [6, 6.07) is 5.87. The Bertz CT molecular complexity index is 799. The summed E-state index contributed by atoms with van der Waals surface area (Å²) < 4.78 is 1.96. The number of carbonyl (C=O) groups excluding carboxylic acids is 1. The van der Waals surface area contributed by atoms with E-state index < -0.39 is 0 Å². The van der Waals surface area contributed by atoms with Crippen molar-refractivity contribution < 1.29 is 4.79 Å². The van der Waals surface area contributed by atoms with Crippen LogP contribution in [0.15, 0.2) is 36.1 Å². The van der Waals surface area contributed by atoms with Gasteiger partial charge in [0, 0.05) is 18.3 Å². The molecule has 118 valence electrons. The fraction of sp³-hybridized carbons (Fsp3) is 0.353. The Labute approximate surface area is 138 Å². The Kier molecular flexibility index (Phi) is 3.83. The molecule has 1 N–H and O–H groups in total. The van der Waals surface area contributed by atoms with Crippen LogP contribution in [0, 0.1) is 0 Å². The SMILES string of the molecule is O=C(NCc1cn2ccccc2n1)c1scnc1C1CCCC1. The minimum Gasteiger partial charge on any atom is -0.346 e. The van der Waals surface area contributed by atoms with Gasteiger partial charge < -0.3 is 9.72 Å². The van der Waals surface area contributed by atoms with Crippen molar-refractivity contribution in [3.63, 3.8) is 0 Å². The lowest BCUT2D eigenvalue weighted by molar-refractivity contribution is 0.0953. The zero-order chi connectivity index (χ0) is 15.6. The Morgan fingerprint density at radius 2 is 2.22 bits per heavy atom. The molecule has 1 amide bonds. The molecule has 0 aliphatic heterocycles. The van der Waals surface area contributed by atoms with Crippen LogP contribution in [-0.2, 0) is 6.54 Å². The molecule has 3 aromatic heterocycles. The van der Waals surface area contributed by atoms with E-state index in [2.05, 4.69) is 15.3 Å². The number of fused-ring (bicyclic) bond motifs is 1. The molecular formula is C17H18N4OS. The summed E-state index contributed by atoms with van der Waals surface area (Å²) in [5.41, 5.74) is 4.52. The average molecular weight is 326 g/mol. The third kappa shape index (κ3) is 2.86. The maximum Gasteiger partial charge on any atom is 0.263 e. The molecule has 23 heavy (non-hydrogen) atoms. The summed E-state index contributed by atoms with van der Waals surface area (Å²) in [6.07, 6.45) is 8.68. The van der Waals surface area contributed by atoms with E-state index in [1.165, 1.54) is 24.2 Å². The van der Waals surface area contributed by atoms with E-state index in [4.69, 9.17) is 0 Å². The van der Waals surface area contributed by atoms with Gasteiger partial charge in [0.1, 0.15) is 10.5 Å². The largest absolute Gasteiger partial charge is 0.346 e. The number of imidazole rings is 1. The molecule has 0 bridgehead atoms. The van der Waals surface area contributed by atoms with Crippen LogP contribution in [0.25, 0.3) is 5.65 Å². The molecule has 0 unspecified atom stereocenters. The lowest BCUT2D eigenvalue weighted by atomic mass is 10.0. The van der Waals surface area contributed by atoms with Gasteiger partial charge in [-0.15, -0.1) is 11.3 Å². The molecule has 3 heterocycles. The summed E-state index contributed by atoms with van der Waals surface area (Å²) in [7, 11) is 0. The third-order valence-electron chi connectivity index (χ3n) is 4.39. The Morgan fingerprint density at radius 1 is 1.35 bits per heavy atom. The van der Waals surface area contributed by atoms with Crippen LogP contribution >= 0.6 is 11.3 Å². The van der Waals surface area contributed by atoms with Gasteiger partial charge in [-0.3, -0.25) is 4.79 Å². The normalized spacial score (nSPS) is 15.3. The van der Waals surface area contributed by atoms with Crippen molar-refractivity contribution in [3.05, 3.63) is 52.4 Å². The number of hydrogen-bond donors (Lipinski definition) is 1. The molecular weight excluding hydrogens is 308 g/mol. The fourth-order valence-corrected chi connectivity index (χ4v) is 4.03. The molecule has 0 atom stereocenters. The quantitative estimate of drug-likeness (QED) is 0.799. The second-order valence-electron chi connectivity index (χ2n) is 5.93. The van der Waals surface area contributed by atoms with E-state index in [1.54, 1.807) is 5.51 Å². The van der Waals surface area contributed by atoms with Crippen LogP contribution < -0.4 is 5.32 Å².